The molecule has 3 nitrogen and oxygen atoms in total. The summed E-state index contributed by atoms with van der Waals surface area (Å²) in [5, 5.41) is 9.58. The molecule has 0 heterocycles. The summed E-state index contributed by atoms with van der Waals surface area (Å²) in [5.41, 5.74) is 6.82. The van der Waals surface area contributed by atoms with Gasteiger partial charge >= 0.3 is 0 Å². The summed E-state index contributed by atoms with van der Waals surface area (Å²) in [6.07, 6.45) is 3.71. The van der Waals surface area contributed by atoms with Gasteiger partial charge in [0.2, 0.25) is 0 Å². The second kappa shape index (κ2) is 4.22. The van der Waals surface area contributed by atoms with Crippen molar-refractivity contribution in [3.05, 3.63) is 23.8 Å². The third-order valence-electron chi connectivity index (χ3n) is 3.79. The van der Waals surface area contributed by atoms with Crippen LogP contribution in [0.15, 0.2) is 18.2 Å². The fourth-order valence-electron chi connectivity index (χ4n) is 2.34. The lowest BCUT2D eigenvalue weighted by atomic mass is 10.1. The maximum absolute atomic E-state index is 9.58. The first-order valence-electron chi connectivity index (χ1n) is 6.43. The molecule has 0 aliphatic heterocycles. The van der Waals surface area contributed by atoms with E-state index < -0.39 is 0 Å². The van der Waals surface area contributed by atoms with E-state index in [1.54, 1.807) is 6.07 Å². The van der Waals surface area contributed by atoms with E-state index in [2.05, 4.69) is 0 Å². The molecule has 3 N–H and O–H groups in total. The van der Waals surface area contributed by atoms with Crippen molar-refractivity contribution in [3.63, 3.8) is 0 Å². The summed E-state index contributed by atoms with van der Waals surface area (Å²) < 4.78 is 5.86. The van der Waals surface area contributed by atoms with E-state index >= 15 is 0 Å². The largest absolute Gasteiger partial charge is 0.508 e. The Kier molecular flexibility index (Phi) is 2.71. The van der Waals surface area contributed by atoms with E-state index in [1.807, 2.05) is 12.1 Å². The molecule has 0 radical (unpaired) electrons. The highest BCUT2D eigenvalue weighted by Crippen LogP contribution is 2.50. The lowest BCUT2D eigenvalue weighted by Crippen LogP contribution is -2.04. The van der Waals surface area contributed by atoms with Crippen LogP contribution in [0.4, 0.5) is 0 Å². The Morgan fingerprint density at radius 2 is 2.18 bits per heavy atom. The lowest BCUT2D eigenvalue weighted by molar-refractivity contribution is 0.296. The molecule has 2 aliphatic rings. The van der Waals surface area contributed by atoms with Crippen molar-refractivity contribution >= 4 is 0 Å². The molecule has 92 valence electrons. The molecule has 3 rings (SSSR count). The Labute approximate surface area is 102 Å². The molecule has 2 saturated carbocycles. The maximum atomic E-state index is 9.58. The number of benzene rings is 1. The quantitative estimate of drug-likeness (QED) is 0.820. The molecule has 0 aromatic heterocycles. The summed E-state index contributed by atoms with van der Waals surface area (Å²) in [4.78, 5) is 0. The van der Waals surface area contributed by atoms with E-state index in [0.29, 0.717) is 17.6 Å². The second-order valence-corrected chi connectivity index (χ2v) is 5.31. The van der Waals surface area contributed by atoms with Crippen molar-refractivity contribution in [1.29, 1.82) is 0 Å². The molecule has 0 bridgehead atoms. The van der Waals surface area contributed by atoms with E-state index in [0.717, 1.165) is 36.8 Å². The molecule has 2 fully saturated rings. The van der Waals surface area contributed by atoms with Crippen LogP contribution in [0.5, 0.6) is 11.5 Å². The van der Waals surface area contributed by atoms with Gasteiger partial charge in [-0.15, -0.1) is 0 Å². The number of rotatable bonds is 5. The van der Waals surface area contributed by atoms with Crippen molar-refractivity contribution in [1.82, 2.24) is 0 Å². The Hall–Kier alpha value is -1.22. The van der Waals surface area contributed by atoms with E-state index in [9.17, 15) is 5.11 Å². The Morgan fingerprint density at radius 1 is 1.35 bits per heavy atom. The number of aromatic hydroxyl groups is 1. The molecule has 1 aromatic carbocycles. The van der Waals surface area contributed by atoms with Gasteiger partial charge in [0, 0.05) is 5.56 Å². The van der Waals surface area contributed by atoms with E-state index in [1.165, 1.54) is 12.8 Å². The summed E-state index contributed by atoms with van der Waals surface area (Å²) in [5.74, 6) is 3.07. The monoisotopic (exact) mass is 233 g/mol. The molecule has 0 spiro atoms. The standard InChI is InChI=1S/C14H19NO2/c15-7-10-5-12(10)13-6-11(16)3-4-14(13)17-8-9-1-2-9/h3-4,6,9-10,12,16H,1-2,5,7-8,15H2. The third-order valence-corrected chi connectivity index (χ3v) is 3.79. The zero-order chi connectivity index (χ0) is 11.8. The first-order valence-corrected chi connectivity index (χ1v) is 6.43. The average molecular weight is 233 g/mol. The van der Waals surface area contributed by atoms with Crippen molar-refractivity contribution in [3.8, 4) is 11.5 Å². The molecule has 17 heavy (non-hydrogen) atoms. The van der Waals surface area contributed by atoms with Crippen molar-refractivity contribution in [2.75, 3.05) is 13.2 Å². The number of hydrogen-bond donors (Lipinski definition) is 2. The third kappa shape index (κ3) is 2.39. The van der Waals surface area contributed by atoms with Gasteiger partial charge in [0.1, 0.15) is 11.5 Å². The molecule has 2 aliphatic carbocycles. The first kappa shape index (κ1) is 10.9. The Bertz CT molecular complexity index is 415. The predicted octanol–water partition coefficient (Wildman–Crippen LogP) is 2.24. The number of nitrogens with two attached hydrogens (primary N) is 1. The van der Waals surface area contributed by atoms with Gasteiger partial charge in [-0.25, -0.2) is 0 Å². The van der Waals surface area contributed by atoms with Crippen LogP contribution >= 0.6 is 0 Å². The number of phenolic OH excluding ortho intramolecular Hbond substituents is 1. The minimum absolute atomic E-state index is 0.321. The number of phenols is 1. The van der Waals surface area contributed by atoms with Crippen LogP contribution in [0.2, 0.25) is 0 Å². The van der Waals surface area contributed by atoms with Gasteiger partial charge in [0.15, 0.2) is 0 Å². The fourth-order valence-corrected chi connectivity index (χ4v) is 2.34. The summed E-state index contributed by atoms with van der Waals surface area (Å²) in [6.45, 7) is 1.54. The van der Waals surface area contributed by atoms with Crippen molar-refractivity contribution < 1.29 is 9.84 Å². The van der Waals surface area contributed by atoms with Gasteiger partial charge in [-0.1, -0.05) is 0 Å². The summed E-state index contributed by atoms with van der Waals surface area (Å²) in [7, 11) is 0. The first-order chi connectivity index (χ1) is 8.28. The molecular weight excluding hydrogens is 214 g/mol. The van der Waals surface area contributed by atoms with Crippen molar-refractivity contribution in [2.45, 2.75) is 25.2 Å². The van der Waals surface area contributed by atoms with E-state index in [-0.39, 0.29) is 0 Å². The predicted molar refractivity (Wildman–Crippen MR) is 66.2 cm³/mol. The Morgan fingerprint density at radius 3 is 2.82 bits per heavy atom. The Balaban J connectivity index is 1.75. The highest BCUT2D eigenvalue weighted by Gasteiger charge is 2.39. The second-order valence-electron chi connectivity index (χ2n) is 5.31. The fraction of sp³-hybridized carbons (Fsp3) is 0.571. The van der Waals surface area contributed by atoms with Gasteiger partial charge in [-0.2, -0.15) is 0 Å². The SMILES string of the molecule is NCC1CC1c1cc(O)ccc1OCC1CC1. The molecule has 2 atom stereocenters. The highest BCUT2D eigenvalue weighted by atomic mass is 16.5. The van der Waals surface area contributed by atoms with Crippen LogP contribution in [-0.4, -0.2) is 18.3 Å². The van der Waals surface area contributed by atoms with Gasteiger partial charge in [-0.05, 0) is 61.8 Å². The van der Waals surface area contributed by atoms with Gasteiger partial charge in [0.25, 0.3) is 0 Å². The van der Waals surface area contributed by atoms with Crippen LogP contribution < -0.4 is 10.5 Å². The smallest absolute Gasteiger partial charge is 0.123 e. The van der Waals surface area contributed by atoms with Crippen LogP contribution in [0.25, 0.3) is 0 Å². The van der Waals surface area contributed by atoms with Crippen LogP contribution in [0, 0.1) is 11.8 Å². The topological polar surface area (TPSA) is 55.5 Å². The molecular formula is C14H19NO2. The molecule has 0 saturated heterocycles. The van der Waals surface area contributed by atoms with Crippen LogP contribution in [0.1, 0.15) is 30.7 Å². The summed E-state index contributed by atoms with van der Waals surface area (Å²) in [6, 6.07) is 5.42. The number of ether oxygens (including phenoxy) is 1. The van der Waals surface area contributed by atoms with Gasteiger partial charge in [-0.3, -0.25) is 0 Å². The zero-order valence-electron chi connectivity index (χ0n) is 9.93. The molecule has 3 heteroatoms. The normalized spacial score (nSPS) is 26.9. The zero-order valence-corrected chi connectivity index (χ0v) is 9.93. The average Bonchev–Trinajstić information content (AvgIpc) is 3.21. The van der Waals surface area contributed by atoms with Gasteiger partial charge < -0.3 is 15.6 Å². The maximum Gasteiger partial charge on any atom is 0.123 e. The lowest BCUT2D eigenvalue weighted by Gasteiger charge is -2.11. The number of hydrogen-bond acceptors (Lipinski definition) is 3. The van der Waals surface area contributed by atoms with E-state index in [4.69, 9.17) is 10.5 Å². The van der Waals surface area contributed by atoms with Crippen LogP contribution in [0.3, 0.4) is 0 Å². The minimum Gasteiger partial charge on any atom is -0.508 e. The molecule has 1 aromatic rings. The highest BCUT2D eigenvalue weighted by molar-refractivity contribution is 5.44. The van der Waals surface area contributed by atoms with Crippen molar-refractivity contribution in [2.24, 2.45) is 17.6 Å². The van der Waals surface area contributed by atoms with Crippen LogP contribution in [-0.2, 0) is 0 Å². The van der Waals surface area contributed by atoms with Gasteiger partial charge in [0.05, 0.1) is 6.61 Å². The molecule has 0 amide bonds. The summed E-state index contributed by atoms with van der Waals surface area (Å²) >= 11 is 0. The molecule has 2 unspecified atom stereocenters. The minimum atomic E-state index is 0.321.